The molecule has 2 aromatic rings. The van der Waals surface area contributed by atoms with Crippen molar-refractivity contribution in [3.05, 3.63) is 47.1 Å². The maximum atomic E-state index is 12.7. The molecule has 0 aliphatic rings. The Bertz CT molecular complexity index is 705. The second kappa shape index (κ2) is 5.80. The second-order valence-corrected chi connectivity index (χ2v) is 6.91. The Morgan fingerprint density at radius 2 is 1.90 bits per heavy atom. The molecule has 0 spiro atoms. The van der Waals surface area contributed by atoms with Crippen LogP contribution in [0.1, 0.15) is 0 Å². The van der Waals surface area contributed by atoms with Gasteiger partial charge in [-0.15, -0.1) is 0 Å². The molecule has 0 saturated heterocycles. The van der Waals surface area contributed by atoms with Crippen molar-refractivity contribution in [2.24, 2.45) is 0 Å². The number of anilines is 2. The van der Waals surface area contributed by atoms with Crippen LogP contribution < -0.4 is 9.62 Å². The summed E-state index contributed by atoms with van der Waals surface area (Å²) in [5.74, 6) is 0.316. The molecule has 20 heavy (non-hydrogen) atoms. The zero-order valence-electron chi connectivity index (χ0n) is 11.0. The van der Waals surface area contributed by atoms with E-state index in [2.05, 4.69) is 26.2 Å². The Labute approximate surface area is 126 Å². The van der Waals surface area contributed by atoms with E-state index in [4.69, 9.17) is 0 Å². The van der Waals surface area contributed by atoms with Crippen LogP contribution in [0.5, 0.6) is 0 Å². The number of rotatable bonds is 4. The van der Waals surface area contributed by atoms with E-state index < -0.39 is 10.0 Å². The molecule has 1 aromatic carbocycles. The number of nitrogens with zero attached hydrogens (tertiary/aromatic N) is 2. The monoisotopic (exact) mass is 355 g/mol. The quantitative estimate of drug-likeness (QED) is 0.915. The van der Waals surface area contributed by atoms with Gasteiger partial charge in [0.1, 0.15) is 10.7 Å². The van der Waals surface area contributed by atoms with E-state index in [0.29, 0.717) is 16.0 Å². The van der Waals surface area contributed by atoms with E-state index >= 15 is 0 Å². The smallest absolute Gasteiger partial charge is 0.267 e. The lowest BCUT2D eigenvalue weighted by Gasteiger charge is -2.20. The highest BCUT2D eigenvalue weighted by Crippen LogP contribution is 2.27. The lowest BCUT2D eigenvalue weighted by Crippen LogP contribution is -2.27. The SMILES string of the molecule is CNc1ncc(Br)cc1S(=O)(=O)N(C)c1ccccc1. The zero-order chi connectivity index (χ0) is 14.8. The summed E-state index contributed by atoms with van der Waals surface area (Å²) < 4.78 is 27.2. The van der Waals surface area contributed by atoms with Crippen molar-refractivity contribution in [1.82, 2.24) is 4.98 Å². The van der Waals surface area contributed by atoms with Gasteiger partial charge in [0.05, 0.1) is 5.69 Å². The largest absolute Gasteiger partial charge is 0.372 e. The van der Waals surface area contributed by atoms with Gasteiger partial charge >= 0.3 is 0 Å². The van der Waals surface area contributed by atoms with Crippen LogP contribution in [0.4, 0.5) is 11.5 Å². The summed E-state index contributed by atoms with van der Waals surface area (Å²) in [6.45, 7) is 0. The molecule has 0 amide bonds. The highest BCUT2D eigenvalue weighted by Gasteiger charge is 2.25. The van der Waals surface area contributed by atoms with Crippen LogP contribution in [-0.2, 0) is 10.0 Å². The fourth-order valence-electron chi connectivity index (χ4n) is 1.73. The molecule has 1 heterocycles. The van der Waals surface area contributed by atoms with Gasteiger partial charge in [-0.3, -0.25) is 4.31 Å². The number of sulfonamides is 1. The van der Waals surface area contributed by atoms with Crippen LogP contribution in [-0.4, -0.2) is 27.5 Å². The van der Waals surface area contributed by atoms with Gasteiger partial charge in [-0.05, 0) is 34.1 Å². The molecule has 0 aliphatic carbocycles. The van der Waals surface area contributed by atoms with E-state index in [0.717, 1.165) is 0 Å². The molecular formula is C13H14BrN3O2S. The van der Waals surface area contributed by atoms with E-state index in [1.807, 2.05) is 6.07 Å². The molecule has 0 radical (unpaired) electrons. The minimum absolute atomic E-state index is 0.126. The normalized spacial score (nSPS) is 11.2. The Morgan fingerprint density at radius 3 is 2.50 bits per heavy atom. The lowest BCUT2D eigenvalue weighted by atomic mass is 10.3. The van der Waals surface area contributed by atoms with Crippen LogP contribution in [0.25, 0.3) is 0 Å². The van der Waals surface area contributed by atoms with E-state index in [1.165, 1.54) is 17.4 Å². The second-order valence-electron chi connectivity index (χ2n) is 4.06. The van der Waals surface area contributed by atoms with E-state index in [9.17, 15) is 8.42 Å². The van der Waals surface area contributed by atoms with Crippen molar-refractivity contribution in [3.63, 3.8) is 0 Å². The van der Waals surface area contributed by atoms with Crippen molar-refractivity contribution in [1.29, 1.82) is 0 Å². The van der Waals surface area contributed by atoms with Crippen LogP contribution in [0.3, 0.4) is 0 Å². The number of nitrogens with one attached hydrogen (secondary N) is 1. The molecule has 2 rings (SSSR count). The Hall–Kier alpha value is -1.60. The van der Waals surface area contributed by atoms with Crippen LogP contribution in [0, 0.1) is 0 Å². The average Bonchev–Trinajstić information content (AvgIpc) is 2.47. The number of pyridine rings is 1. The lowest BCUT2D eigenvalue weighted by molar-refractivity contribution is 0.594. The summed E-state index contributed by atoms with van der Waals surface area (Å²) in [5, 5.41) is 2.80. The molecule has 0 bridgehead atoms. The van der Waals surface area contributed by atoms with E-state index in [1.54, 1.807) is 37.5 Å². The molecule has 0 saturated carbocycles. The first-order valence-electron chi connectivity index (χ1n) is 5.84. The fraction of sp³-hybridized carbons (Fsp3) is 0.154. The number of hydrogen-bond donors (Lipinski definition) is 1. The van der Waals surface area contributed by atoms with Gasteiger partial charge in [0.25, 0.3) is 10.0 Å². The predicted octanol–water partition coefficient (Wildman–Crippen LogP) is 2.71. The molecule has 0 atom stereocenters. The van der Waals surface area contributed by atoms with Crippen molar-refractivity contribution < 1.29 is 8.42 Å². The summed E-state index contributed by atoms with van der Waals surface area (Å²) in [5.41, 5.74) is 0.592. The van der Waals surface area contributed by atoms with Gasteiger partial charge in [0, 0.05) is 24.8 Å². The first kappa shape index (κ1) is 14.8. The standard InChI is InChI=1S/C13H14BrN3O2S/c1-15-13-12(8-10(14)9-16-13)20(18,19)17(2)11-6-4-3-5-7-11/h3-9H,1-2H3,(H,15,16). The highest BCUT2D eigenvalue weighted by atomic mass is 79.9. The molecule has 1 N–H and O–H groups in total. The number of benzene rings is 1. The van der Waals surface area contributed by atoms with Crippen molar-refractivity contribution in [2.45, 2.75) is 4.90 Å². The summed E-state index contributed by atoms with van der Waals surface area (Å²) in [7, 11) is -0.523. The van der Waals surface area contributed by atoms with Gasteiger partial charge < -0.3 is 5.32 Å². The Kier molecular flexibility index (Phi) is 4.29. The minimum Gasteiger partial charge on any atom is -0.372 e. The molecule has 0 aliphatic heterocycles. The molecule has 0 fully saturated rings. The first-order valence-corrected chi connectivity index (χ1v) is 8.07. The maximum absolute atomic E-state index is 12.7. The Balaban J connectivity index is 2.53. The molecule has 0 unspecified atom stereocenters. The summed E-state index contributed by atoms with van der Waals surface area (Å²) in [6, 6.07) is 10.4. The number of para-hydroxylation sites is 1. The third-order valence-corrected chi connectivity index (χ3v) is 5.05. The average molecular weight is 356 g/mol. The predicted molar refractivity (Wildman–Crippen MR) is 83.5 cm³/mol. The molecule has 5 nitrogen and oxygen atoms in total. The summed E-state index contributed by atoms with van der Waals surface area (Å²) in [4.78, 5) is 4.20. The minimum atomic E-state index is -3.68. The number of hydrogen-bond acceptors (Lipinski definition) is 4. The third-order valence-electron chi connectivity index (χ3n) is 2.81. The summed E-state index contributed by atoms with van der Waals surface area (Å²) >= 11 is 3.25. The van der Waals surface area contributed by atoms with E-state index in [-0.39, 0.29) is 4.90 Å². The molecular weight excluding hydrogens is 342 g/mol. The van der Waals surface area contributed by atoms with Gasteiger partial charge in [0.2, 0.25) is 0 Å². The fourth-order valence-corrected chi connectivity index (χ4v) is 3.58. The highest BCUT2D eigenvalue weighted by molar-refractivity contribution is 9.10. The first-order chi connectivity index (χ1) is 9.46. The van der Waals surface area contributed by atoms with Crippen LogP contribution in [0.2, 0.25) is 0 Å². The van der Waals surface area contributed by atoms with Gasteiger partial charge in [0.15, 0.2) is 0 Å². The van der Waals surface area contributed by atoms with Crippen LogP contribution >= 0.6 is 15.9 Å². The molecule has 7 heteroatoms. The van der Waals surface area contributed by atoms with Gasteiger partial charge in [-0.25, -0.2) is 13.4 Å². The Morgan fingerprint density at radius 1 is 1.25 bits per heavy atom. The summed E-state index contributed by atoms with van der Waals surface area (Å²) in [6.07, 6.45) is 1.55. The van der Waals surface area contributed by atoms with Crippen LogP contribution in [0.15, 0.2) is 52.0 Å². The molecule has 1 aromatic heterocycles. The topological polar surface area (TPSA) is 62.3 Å². The molecule has 106 valence electrons. The third kappa shape index (κ3) is 2.78. The number of halogens is 1. The van der Waals surface area contributed by atoms with Gasteiger partial charge in [-0.2, -0.15) is 0 Å². The van der Waals surface area contributed by atoms with Crippen molar-refractivity contribution in [2.75, 3.05) is 23.7 Å². The zero-order valence-corrected chi connectivity index (χ0v) is 13.4. The van der Waals surface area contributed by atoms with Crippen molar-refractivity contribution >= 4 is 37.5 Å². The number of aromatic nitrogens is 1. The van der Waals surface area contributed by atoms with Gasteiger partial charge in [-0.1, -0.05) is 18.2 Å². The maximum Gasteiger partial charge on any atom is 0.267 e. The van der Waals surface area contributed by atoms with Crippen molar-refractivity contribution in [3.8, 4) is 0 Å².